The second kappa shape index (κ2) is 5.02. The zero-order valence-electron chi connectivity index (χ0n) is 11.2. The van der Waals surface area contributed by atoms with Crippen LogP contribution in [0, 0.1) is 0 Å². The number of aryl methyl sites for hydroxylation is 1. The summed E-state index contributed by atoms with van der Waals surface area (Å²) in [6.45, 7) is 6.38. The summed E-state index contributed by atoms with van der Waals surface area (Å²) in [4.78, 5) is 13.3. The van der Waals surface area contributed by atoms with Crippen molar-refractivity contribution in [2.45, 2.75) is 32.7 Å². The van der Waals surface area contributed by atoms with E-state index < -0.39 is 0 Å². The van der Waals surface area contributed by atoms with Gasteiger partial charge in [-0.1, -0.05) is 6.92 Å². The van der Waals surface area contributed by atoms with Crippen molar-refractivity contribution in [2.24, 2.45) is 0 Å². The Balaban J connectivity index is 2.53. The minimum Gasteiger partial charge on any atom is -0.353 e. The third-order valence-corrected chi connectivity index (χ3v) is 5.10. The van der Waals surface area contributed by atoms with Gasteiger partial charge < -0.3 is 4.90 Å². The number of nitrogens with zero attached hydrogens (tertiary/aromatic N) is 3. The molecule has 18 heavy (non-hydrogen) atoms. The number of hydrogen-bond donors (Lipinski definition) is 0. The number of aromatic nitrogens is 2. The van der Waals surface area contributed by atoms with Gasteiger partial charge >= 0.3 is 0 Å². The van der Waals surface area contributed by atoms with Crippen molar-refractivity contribution in [3.8, 4) is 0 Å². The Morgan fingerprint density at radius 2 is 2.11 bits per heavy atom. The number of fused-ring (bicyclic) bond motifs is 1. The summed E-state index contributed by atoms with van der Waals surface area (Å²) in [6.07, 6.45) is 2.66. The van der Waals surface area contributed by atoms with Gasteiger partial charge in [0.15, 0.2) is 0 Å². The fraction of sp³-hybridized carbons (Fsp3) is 0.538. The maximum Gasteiger partial charge on any atom is 0.140 e. The van der Waals surface area contributed by atoms with Crippen LogP contribution in [0.1, 0.15) is 25.6 Å². The van der Waals surface area contributed by atoms with Gasteiger partial charge in [-0.3, -0.25) is 0 Å². The zero-order chi connectivity index (χ0) is 13.3. The van der Waals surface area contributed by atoms with Crippen LogP contribution in [0.15, 0.2) is 12.4 Å². The van der Waals surface area contributed by atoms with Crippen LogP contribution in [0.25, 0.3) is 10.2 Å². The molecule has 2 rings (SSSR count). The normalized spacial score (nSPS) is 12.1. The van der Waals surface area contributed by atoms with E-state index in [4.69, 9.17) is 11.6 Å². The van der Waals surface area contributed by atoms with E-state index in [2.05, 4.69) is 41.7 Å². The summed E-state index contributed by atoms with van der Waals surface area (Å²) in [5.41, 5.74) is -0.128. The van der Waals surface area contributed by atoms with Crippen LogP contribution in [0.5, 0.6) is 0 Å². The summed E-state index contributed by atoms with van der Waals surface area (Å²) < 4.78 is 0. The molecule has 0 saturated heterocycles. The van der Waals surface area contributed by atoms with Gasteiger partial charge in [-0.25, -0.2) is 9.97 Å². The third kappa shape index (κ3) is 2.31. The highest BCUT2D eigenvalue weighted by molar-refractivity contribution is 7.18. The molecule has 0 aliphatic rings. The molecule has 5 heteroatoms. The lowest BCUT2D eigenvalue weighted by molar-refractivity contribution is 0.541. The quantitative estimate of drug-likeness (QED) is 0.801. The Hall–Kier alpha value is -0.870. The van der Waals surface area contributed by atoms with Crippen molar-refractivity contribution in [1.29, 1.82) is 0 Å². The molecule has 0 spiro atoms. The molecule has 2 heterocycles. The molecule has 0 radical (unpaired) electrons. The first-order valence-electron chi connectivity index (χ1n) is 6.03. The highest BCUT2D eigenvalue weighted by Gasteiger charge is 2.25. The molecule has 2 aromatic rings. The van der Waals surface area contributed by atoms with Gasteiger partial charge in [0, 0.05) is 23.3 Å². The first-order chi connectivity index (χ1) is 8.49. The Bertz CT molecular complexity index is 550. The van der Waals surface area contributed by atoms with Gasteiger partial charge in [-0.05, 0) is 26.3 Å². The van der Waals surface area contributed by atoms with Crippen molar-refractivity contribution >= 4 is 39.0 Å². The van der Waals surface area contributed by atoms with Crippen molar-refractivity contribution in [2.75, 3.05) is 17.8 Å². The van der Waals surface area contributed by atoms with Gasteiger partial charge in [-0.15, -0.1) is 22.9 Å². The Labute approximate surface area is 117 Å². The van der Waals surface area contributed by atoms with Crippen LogP contribution in [0.4, 0.5) is 5.82 Å². The molecular weight excluding hydrogens is 266 g/mol. The average Bonchev–Trinajstić information content (AvgIpc) is 2.80. The standard InChI is InChI=1S/C13H18ClN3S/c1-5-9-6-10-11(15-8-16-12(10)18-9)17(4)13(2,3)7-14/h6,8H,5,7H2,1-4H3. The van der Waals surface area contributed by atoms with Crippen LogP contribution >= 0.6 is 22.9 Å². The lowest BCUT2D eigenvalue weighted by atomic mass is 10.1. The summed E-state index contributed by atoms with van der Waals surface area (Å²) >= 11 is 7.78. The van der Waals surface area contributed by atoms with Crippen LogP contribution in [-0.4, -0.2) is 28.4 Å². The van der Waals surface area contributed by atoms with E-state index in [9.17, 15) is 0 Å². The summed E-state index contributed by atoms with van der Waals surface area (Å²) in [5.74, 6) is 1.52. The molecule has 0 aromatic carbocycles. The Morgan fingerprint density at radius 3 is 2.72 bits per heavy atom. The summed E-state index contributed by atoms with van der Waals surface area (Å²) in [5, 5.41) is 1.13. The minimum absolute atomic E-state index is 0.128. The molecule has 2 aromatic heterocycles. The van der Waals surface area contributed by atoms with E-state index in [1.807, 2.05) is 7.05 Å². The summed E-state index contributed by atoms with van der Waals surface area (Å²) in [6, 6.07) is 2.19. The summed E-state index contributed by atoms with van der Waals surface area (Å²) in [7, 11) is 2.04. The van der Waals surface area contributed by atoms with E-state index in [-0.39, 0.29) is 5.54 Å². The fourth-order valence-electron chi connectivity index (χ4n) is 1.71. The predicted octanol–water partition coefficient (Wildman–Crippen LogP) is 3.71. The largest absolute Gasteiger partial charge is 0.353 e. The number of hydrogen-bond acceptors (Lipinski definition) is 4. The van der Waals surface area contributed by atoms with E-state index in [0.29, 0.717) is 5.88 Å². The van der Waals surface area contributed by atoms with E-state index in [1.165, 1.54) is 4.88 Å². The van der Waals surface area contributed by atoms with Crippen LogP contribution in [-0.2, 0) is 6.42 Å². The topological polar surface area (TPSA) is 29.0 Å². The molecule has 98 valence electrons. The molecule has 0 unspecified atom stereocenters. The van der Waals surface area contributed by atoms with Gasteiger partial charge in [0.1, 0.15) is 17.0 Å². The van der Waals surface area contributed by atoms with Crippen molar-refractivity contribution < 1.29 is 0 Å². The molecule has 0 saturated carbocycles. The molecule has 0 fully saturated rings. The smallest absolute Gasteiger partial charge is 0.140 e. The average molecular weight is 284 g/mol. The monoisotopic (exact) mass is 283 g/mol. The third-order valence-electron chi connectivity index (χ3n) is 3.26. The number of alkyl halides is 1. The molecule has 0 N–H and O–H groups in total. The number of halogens is 1. The first kappa shape index (κ1) is 13.6. The fourth-order valence-corrected chi connectivity index (χ4v) is 2.82. The molecule has 3 nitrogen and oxygen atoms in total. The lowest BCUT2D eigenvalue weighted by Crippen LogP contribution is -2.43. The van der Waals surface area contributed by atoms with Gasteiger partial charge in [0.2, 0.25) is 0 Å². The van der Waals surface area contributed by atoms with Gasteiger partial charge in [0.25, 0.3) is 0 Å². The Kier molecular flexibility index (Phi) is 3.78. The molecule has 0 aliphatic heterocycles. The van der Waals surface area contributed by atoms with Crippen molar-refractivity contribution in [3.63, 3.8) is 0 Å². The maximum atomic E-state index is 6.04. The molecule has 0 atom stereocenters. The van der Waals surface area contributed by atoms with Crippen LogP contribution in [0.3, 0.4) is 0 Å². The molecule has 0 amide bonds. The number of rotatable bonds is 4. The van der Waals surface area contributed by atoms with Crippen LogP contribution < -0.4 is 4.90 Å². The lowest BCUT2D eigenvalue weighted by Gasteiger charge is -2.35. The van der Waals surface area contributed by atoms with Gasteiger partial charge in [0.05, 0.1) is 5.39 Å². The Morgan fingerprint density at radius 1 is 1.39 bits per heavy atom. The maximum absolute atomic E-state index is 6.04. The highest BCUT2D eigenvalue weighted by atomic mass is 35.5. The van der Waals surface area contributed by atoms with Crippen molar-refractivity contribution in [1.82, 2.24) is 9.97 Å². The first-order valence-corrected chi connectivity index (χ1v) is 7.38. The second-order valence-corrected chi connectivity index (χ2v) is 6.37. The zero-order valence-corrected chi connectivity index (χ0v) is 12.8. The predicted molar refractivity (Wildman–Crippen MR) is 80.0 cm³/mol. The molecule has 0 aliphatic carbocycles. The molecule has 0 bridgehead atoms. The number of anilines is 1. The number of thiophene rings is 1. The highest BCUT2D eigenvalue weighted by Crippen LogP contribution is 2.32. The minimum atomic E-state index is -0.128. The van der Waals surface area contributed by atoms with Crippen LogP contribution in [0.2, 0.25) is 0 Å². The van der Waals surface area contributed by atoms with E-state index in [0.717, 1.165) is 22.5 Å². The van der Waals surface area contributed by atoms with E-state index in [1.54, 1.807) is 17.7 Å². The molecular formula is C13H18ClN3S. The SMILES string of the molecule is CCc1cc2c(N(C)C(C)(C)CCl)ncnc2s1. The second-order valence-electron chi connectivity index (χ2n) is 4.99. The van der Waals surface area contributed by atoms with E-state index >= 15 is 0 Å². The van der Waals surface area contributed by atoms with Gasteiger partial charge in [-0.2, -0.15) is 0 Å². The van der Waals surface area contributed by atoms with Crippen molar-refractivity contribution in [3.05, 3.63) is 17.3 Å².